The van der Waals surface area contributed by atoms with Crippen LogP contribution in [0.1, 0.15) is 51.4 Å². The molecule has 0 saturated carbocycles. The van der Waals surface area contributed by atoms with Crippen LogP contribution in [-0.2, 0) is 19.6 Å². The average Bonchev–Trinajstić information content (AvgIpc) is 2.61. The van der Waals surface area contributed by atoms with Crippen LogP contribution >= 0.6 is 0 Å². The number of nitrogens with zero attached hydrogens (tertiary/aromatic N) is 2. The standard InChI is InChI=1S/C19H27N3O5S/c1-13(2)22(14(3)4)18(23)15(5)27-19(24)16-7-9-17(10-8-16)28(25,26)21-12-6-11-20/h7-10,13-15,21H,6,12H2,1-5H3/t15-/m0/s1. The first kappa shape index (κ1) is 23.6. The summed E-state index contributed by atoms with van der Waals surface area (Å²) in [6, 6.07) is 6.96. The summed E-state index contributed by atoms with van der Waals surface area (Å²) in [4.78, 5) is 26.5. The zero-order chi connectivity index (χ0) is 21.5. The number of esters is 1. The van der Waals surface area contributed by atoms with Gasteiger partial charge in [0.25, 0.3) is 5.91 Å². The van der Waals surface area contributed by atoms with E-state index in [2.05, 4.69) is 4.72 Å². The molecular weight excluding hydrogens is 382 g/mol. The van der Waals surface area contributed by atoms with Gasteiger partial charge in [-0.3, -0.25) is 4.79 Å². The molecule has 0 aliphatic rings. The van der Waals surface area contributed by atoms with Crippen LogP contribution in [-0.4, -0.2) is 49.9 Å². The Labute approximate surface area is 166 Å². The number of sulfonamides is 1. The van der Waals surface area contributed by atoms with E-state index in [-0.39, 0.29) is 41.4 Å². The van der Waals surface area contributed by atoms with Crippen molar-refractivity contribution < 1.29 is 22.7 Å². The number of ether oxygens (including phenoxy) is 1. The number of nitriles is 1. The van der Waals surface area contributed by atoms with Gasteiger partial charge in [-0.05, 0) is 58.9 Å². The lowest BCUT2D eigenvalue weighted by atomic mass is 10.2. The maximum Gasteiger partial charge on any atom is 0.338 e. The summed E-state index contributed by atoms with van der Waals surface area (Å²) in [5.41, 5.74) is 0.135. The molecule has 0 spiro atoms. The van der Waals surface area contributed by atoms with Gasteiger partial charge in [0, 0.05) is 25.0 Å². The van der Waals surface area contributed by atoms with Gasteiger partial charge in [0.15, 0.2) is 6.10 Å². The third-order valence-electron chi connectivity index (χ3n) is 3.93. The first-order valence-corrected chi connectivity index (χ1v) is 10.5. The second-order valence-electron chi connectivity index (χ2n) is 6.81. The smallest absolute Gasteiger partial charge is 0.338 e. The highest BCUT2D eigenvalue weighted by Gasteiger charge is 2.28. The van der Waals surface area contributed by atoms with Gasteiger partial charge >= 0.3 is 5.97 Å². The summed E-state index contributed by atoms with van der Waals surface area (Å²) >= 11 is 0. The van der Waals surface area contributed by atoms with Crippen molar-refractivity contribution in [1.82, 2.24) is 9.62 Å². The van der Waals surface area contributed by atoms with Gasteiger partial charge < -0.3 is 9.64 Å². The summed E-state index contributed by atoms with van der Waals surface area (Å²) in [6.07, 6.45) is -0.910. The molecule has 1 aromatic carbocycles. The number of hydrogen-bond acceptors (Lipinski definition) is 6. The molecule has 8 nitrogen and oxygen atoms in total. The largest absolute Gasteiger partial charge is 0.449 e. The molecule has 1 amide bonds. The fourth-order valence-corrected chi connectivity index (χ4v) is 3.72. The number of carbonyl (C=O) groups is 2. The van der Waals surface area contributed by atoms with Crippen LogP contribution in [0.4, 0.5) is 0 Å². The van der Waals surface area contributed by atoms with E-state index < -0.39 is 22.1 Å². The van der Waals surface area contributed by atoms with E-state index in [4.69, 9.17) is 10.00 Å². The number of carbonyl (C=O) groups excluding carboxylic acids is 2. The minimum atomic E-state index is -3.76. The zero-order valence-corrected chi connectivity index (χ0v) is 17.6. The summed E-state index contributed by atoms with van der Waals surface area (Å²) in [6.45, 7) is 9.05. The van der Waals surface area contributed by atoms with Crippen LogP contribution in [0, 0.1) is 11.3 Å². The van der Waals surface area contributed by atoms with Gasteiger partial charge in [0.2, 0.25) is 10.0 Å². The highest BCUT2D eigenvalue weighted by molar-refractivity contribution is 7.89. The molecule has 1 N–H and O–H groups in total. The number of nitrogens with one attached hydrogen (secondary N) is 1. The predicted octanol–water partition coefficient (Wildman–Crippen LogP) is 2.07. The monoisotopic (exact) mass is 409 g/mol. The summed E-state index contributed by atoms with van der Waals surface area (Å²) < 4.78 is 31.7. The molecule has 0 aromatic heterocycles. The molecule has 0 fully saturated rings. The Kier molecular flexibility index (Phi) is 8.60. The van der Waals surface area contributed by atoms with Crippen molar-refractivity contribution in [3.8, 4) is 6.07 Å². The van der Waals surface area contributed by atoms with Crippen molar-refractivity contribution in [2.75, 3.05) is 6.54 Å². The number of rotatable bonds is 9. The molecular formula is C19H27N3O5S. The molecule has 154 valence electrons. The Morgan fingerprint density at radius 2 is 1.64 bits per heavy atom. The maximum absolute atomic E-state index is 12.5. The molecule has 0 saturated heterocycles. The maximum atomic E-state index is 12.5. The van der Waals surface area contributed by atoms with E-state index in [0.29, 0.717) is 0 Å². The first-order valence-electron chi connectivity index (χ1n) is 9.01. The van der Waals surface area contributed by atoms with E-state index in [1.807, 2.05) is 33.8 Å². The highest BCUT2D eigenvalue weighted by atomic mass is 32.2. The summed E-state index contributed by atoms with van der Waals surface area (Å²) in [5, 5.41) is 8.47. The van der Waals surface area contributed by atoms with Gasteiger partial charge in [-0.15, -0.1) is 0 Å². The Bertz CT molecular complexity index is 818. The molecule has 1 atom stereocenters. The van der Waals surface area contributed by atoms with E-state index in [1.54, 1.807) is 4.90 Å². The molecule has 0 bridgehead atoms. The van der Waals surface area contributed by atoms with Gasteiger partial charge in [0.1, 0.15) is 0 Å². The predicted molar refractivity (Wildman–Crippen MR) is 104 cm³/mol. The van der Waals surface area contributed by atoms with Gasteiger partial charge in [-0.25, -0.2) is 17.9 Å². The van der Waals surface area contributed by atoms with Crippen LogP contribution in [0.2, 0.25) is 0 Å². The Hall–Kier alpha value is -2.44. The van der Waals surface area contributed by atoms with Crippen molar-refractivity contribution in [3.05, 3.63) is 29.8 Å². The minimum absolute atomic E-state index is 0.00442. The van der Waals surface area contributed by atoms with E-state index in [0.717, 1.165) is 0 Å². The fraction of sp³-hybridized carbons (Fsp3) is 0.526. The Morgan fingerprint density at radius 3 is 2.11 bits per heavy atom. The van der Waals surface area contributed by atoms with Crippen LogP contribution in [0.25, 0.3) is 0 Å². The second kappa shape index (κ2) is 10.2. The van der Waals surface area contributed by atoms with Gasteiger partial charge in [-0.1, -0.05) is 0 Å². The first-order chi connectivity index (χ1) is 13.0. The molecule has 0 radical (unpaired) electrons. The third-order valence-corrected chi connectivity index (χ3v) is 5.40. The SMILES string of the molecule is CC(C)N(C(=O)[C@H](C)OC(=O)c1ccc(S(=O)(=O)NCCC#N)cc1)C(C)C. The molecule has 0 unspecified atom stereocenters. The highest BCUT2D eigenvalue weighted by Crippen LogP contribution is 2.14. The summed E-state index contributed by atoms with van der Waals surface area (Å²) in [7, 11) is -3.76. The van der Waals surface area contributed by atoms with E-state index in [1.165, 1.54) is 31.2 Å². The van der Waals surface area contributed by atoms with Gasteiger partial charge in [-0.2, -0.15) is 5.26 Å². The molecule has 28 heavy (non-hydrogen) atoms. The van der Waals surface area contributed by atoms with Crippen LogP contribution in [0.5, 0.6) is 0 Å². The third kappa shape index (κ3) is 6.32. The van der Waals surface area contributed by atoms with E-state index in [9.17, 15) is 18.0 Å². The lowest BCUT2D eigenvalue weighted by Gasteiger charge is -2.32. The van der Waals surface area contributed by atoms with Crippen LogP contribution in [0.15, 0.2) is 29.2 Å². The number of hydrogen-bond donors (Lipinski definition) is 1. The molecule has 1 rings (SSSR count). The molecule has 0 aliphatic carbocycles. The Morgan fingerprint density at radius 1 is 1.11 bits per heavy atom. The van der Waals surface area contributed by atoms with Crippen LogP contribution < -0.4 is 4.72 Å². The second-order valence-corrected chi connectivity index (χ2v) is 8.58. The fourth-order valence-electron chi connectivity index (χ4n) is 2.69. The van der Waals surface area contributed by atoms with Crippen molar-refractivity contribution in [2.24, 2.45) is 0 Å². The number of amides is 1. The lowest BCUT2D eigenvalue weighted by molar-refractivity contribution is -0.143. The average molecular weight is 410 g/mol. The van der Waals surface area contributed by atoms with Crippen molar-refractivity contribution >= 4 is 21.9 Å². The summed E-state index contributed by atoms with van der Waals surface area (Å²) in [5.74, 6) is -1.01. The topological polar surface area (TPSA) is 117 Å². The van der Waals surface area contributed by atoms with Crippen molar-refractivity contribution in [3.63, 3.8) is 0 Å². The normalized spacial score (nSPS) is 12.5. The molecule has 1 aromatic rings. The molecule has 9 heteroatoms. The number of benzene rings is 1. The quantitative estimate of drug-likeness (QED) is 0.493. The van der Waals surface area contributed by atoms with Crippen LogP contribution in [0.3, 0.4) is 0 Å². The van der Waals surface area contributed by atoms with Crippen molar-refractivity contribution in [2.45, 2.75) is 64.1 Å². The van der Waals surface area contributed by atoms with E-state index >= 15 is 0 Å². The Balaban J connectivity index is 2.83. The minimum Gasteiger partial charge on any atom is -0.449 e. The lowest BCUT2D eigenvalue weighted by Crippen LogP contribution is -2.47. The molecule has 0 heterocycles. The molecule has 0 aliphatic heterocycles. The zero-order valence-electron chi connectivity index (χ0n) is 16.8. The van der Waals surface area contributed by atoms with Crippen molar-refractivity contribution in [1.29, 1.82) is 5.26 Å². The van der Waals surface area contributed by atoms with Gasteiger partial charge in [0.05, 0.1) is 16.5 Å².